The quantitative estimate of drug-likeness (QED) is 0.120. The number of aromatic carboxylic acids is 1. The van der Waals surface area contributed by atoms with Crippen molar-refractivity contribution >= 4 is 73.3 Å². The maximum Gasteiger partial charge on any atom is 0.432 e. The standard InChI is InChI=1S/C33H23ClF3N5O6/c1-48-24-4-2-3-14-8-20(38-12-18(14)24)30(44)39-17-5-6-19-15(7-17)9-21(40-19)31(45)42-13-16(11-34)25-22(42)10-23(43)28-26(25)27(32(46)47)29(41-28)33(35,36)37/h2-10,12,16,40-41,43H,11,13H2,1H3,(H,39,44)(H,46,47)/t16-/m1/s1. The van der Waals surface area contributed by atoms with Crippen LogP contribution in [0.25, 0.3) is 32.6 Å². The number of carboxylic acids is 1. The van der Waals surface area contributed by atoms with Crippen molar-refractivity contribution < 1.29 is 42.5 Å². The van der Waals surface area contributed by atoms with Crippen molar-refractivity contribution in [3.05, 3.63) is 89.0 Å². The highest BCUT2D eigenvalue weighted by Crippen LogP contribution is 2.49. The molecule has 2 amide bonds. The van der Waals surface area contributed by atoms with Gasteiger partial charge in [0.05, 0.1) is 23.9 Å². The number of carbonyl (C=O) groups is 3. The number of aromatic amines is 2. The maximum atomic E-state index is 13.9. The van der Waals surface area contributed by atoms with E-state index >= 15 is 0 Å². The van der Waals surface area contributed by atoms with Crippen molar-refractivity contribution in [2.45, 2.75) is 12.1 Å². The predicted octanol–water partition coefficient (Wildman–Crippen LogP) is 6.86. The highest BCUT2D eigenvalue weighted by molar-refractivity contribution is 6.20. The number of nitrogens with zero attached hydrogens (tertiary/aromatic N) is 2. The summed E-state index contributed by atoms with van der Waals surface area (Å²) in [5, 5.41) is 25.0. The highest BCUT2D eigenvalue weighted by atomic mass is 35.5. The fourth-order valence-corrected chi connectivity index (χ4v) is 6.52. The van der Waals surface area contributed by atoms with E-state index in [9.17, 15) is 37.8 Å². The first kappa shape index (κ1) is 30.9. The number of carboxylic acid groups (broad SMARTS) is 1. The third kappa shape index (κ3) is 4.92. The van der Waals surface area contributed by atoms with Gasteiger partial charge in [-0.15, -0.1) is 11.6 Å². The summed E-state index contributed by atoms with van der Waals surface area (Å²) in [6.07, 6.45) is -3.50. The molecule has 48 heavy (non-hydrogen) atoms. The molecule has 0 bridgehead atoms. The van der Waals surface area contributed by atoms with Gasteiger partial charge in [0.25, 0.3) is 11.8 Å². The van der Waals surface area contributed by atoms with Gasteiger partial charge in [-0.1, -0.05) is 12.1 Å². The summed E-state index contributed by atoms with van der Waals surface area (Å²) in [5.74, 6) is -3.82. The second kappa shape index (κ2) is 11.2. The first-order valence-corrected chi connectivity index (χ1v) is 14.9. The van der Waals surface area contributed by atoms with E-state index in [4.69, 9.17) is 16.3 Å². The number of aromatic nitrogens is 3. The normalized spacial score (nSPS) is 14.5. The van der Waals surface area contributed by atoms with Crippen molar-refractivity contribution in [3.8, 4) is 11.5 Å². The Labute approximate surface area is 272 Å². The Bertz CT molecular complexity index is 2330. The second-order valence-corrected chi connectivity index (χ2v) is 11.5. The Morgan fingerprint density at radius 2 is 1.90 bits per heavy atom. The van der Waals surface area contributed by atoms with Crippen LogP contribution in [0.5, 0.6) is 11.5 Å². The molecule has 11 nitrogen and oxygen atoms in total. The SMILES string of the molecule is COc1cccc2cc(C(=O)Nc3ccc4[nH]c(C(=O)N5C[C@@H](CCl)c6c5cc(O)c5[nH]c(C(F)(F)F)c(C(=O)O)c65)cc4c3)ncc12. The largest absolute Gasteiger partial charge is 0.506 e. The molecule has 6 aromatic rings. The van der Waals surface area contributed by atoms with Gasteiger partial charge in [0.2, 0.25) is 0 Å². The molecule has 0 saturated heterocycles. The van der Waals surface area contributed by atoms with E-state index in [2.05, 4.69) is 15.3 Å². The monoisotopic (exact) mass is 677 g/mol. The van der Waals surface area contributed by atoms with E-state index in [-0.39, 0.29) is 40.4 Å². The maximum absolute atomic E-state index is 13.9. The zero-order chi connectivity index (χ0) is 34.1. The van der Waals surface area contributed by atoms with Gasteiger partial charge >= 0.3 is 12.1 Å². The number of fused-ring (bicyclic) bond motifs is 5. The van der Waals surface area contributed by atoms with Crippen molar-refractivity contribution in [1.82, 2.24) is 15.0 Å². The van der Waals surface area contributed by atoms with E-state index in [0.29, 0.717) is 22.3 Å². The molecule has 1 aliphatic heterocycles. The number of methoxy groups -OCH3 is 1. The number of benzene rings is 3. The Morgan fingerprint density at radius 3 is 2.60 bits per heavy atom. The molecule has 3 aromatic carbocycles. The molecule has 0 fully saturated rings. The molecule has 0 unspecified atom stereocenters. The van der Waals surface area contributed by atoms with E-state index < -0.39 is 52.4 Å². The number of phenolic OH excluding ortho intramolecular Hbond substituents is 1. The van der Waals surface area contributed by atoms with Gasteiger partial charge in [0.1, 0.15) is 28.6 Å². The molecular weight excluding hydrogens is 655 g/mol. The van der Waals surface area contributed by atoms with Crippen LogP contribution in [0, 0.1) is 0 Å². The smallest absolute Gasteiger partial charge is 0.432 e. The molecule has 7 rings (SSSR count). The predicted molar refractivity (Wildman–Crippen MR) is 172 cm³/mol. The summed E-state index contributed by atoms with van der Waals surface area (Å²) >= 11 is 6.20. The molecule has 0 aliphatic carbocycles. The van der Waals surface area contributed by atoms with Crippen LogP contribution in [-0.4, -0.2) is 62.5 Å². The lowest BCUT2D eigenvalue weighted by Gasteiger charge is -2.17. The average Bonchev–Trinajstić information content (AvgIpc) is 3.77. The number of pyridine rings is 1. The average molecular weight is 678 g/mol. The van der Waals surface area contributed by atoms with E-state index in [1.54, 1.807) is 55.8 Å². The summed E-state index contributed by atoms with van der Waals surface area (Å²) in [4.78, 5) is 49.5. The number of aromatic hydroxyl groups is 1. The number of alkyl halides is 4. The first-order chi connectivity index (χ1) is 22.9. The van der Waals surface area contributed by atoms with Crippen LogP contribution in [0.1, 0.15) is 48.5 Å². The Hall–Kier alpha value is -5.76. The summed E-state index contributed by atoms with van der Waals surface area (Å²) in [6, 6.07) is 14.7. The van der Waals surface area contributed by atoms with E-state index in [1.807, 2.05) is 11.1 Å². The second-order valence-electron chi connectivity index (χ2n) is 11.2. The topological polar surface area (TPSA) is 161 Å². The van der Waals surface area contributed by atoms with Crippen molar-refractivity contribution in [2.75, 3.05) is 29.8 Å². The number of nitrogens with one attached hydrogen (secondary N) is 3. The molecule has 1 atom stereocenters. The highest BCUT2D eigenvalue weighted by Gasteiger charge is 2.43. The van der Waals surface area contributed by atoms with Crippen LogP contribution >= 0.6 is 11.6 Å². The summed E-state index contributed by atoms with van der Waals surface area (Å²) in [5.41, 5.74) is -1.61. The van der Waals surface area contributed by atoms with Crippen LogP contribution in [0.4, 0.5) is 24.5 Å². The molecule has 0 spiro atoms. The van der Waals surface area contributed by atoms with Gasteiger partial charge in [-0.25, -0.2) is 4.79 Å². The number of phenols is 1. The zero-order valence-electron chi connectivity index (χ0n) is 24.7. The Kier molecular flexibility index (Phi) is 7.20. The molecule has 4 heterocycles. The number of hydrogen-bond acceptors (Lipinski definition) is 6. The number of halogens is 4. The molecule has 15 heteroatoms. The van der Waals surface area contributed by atoms with E-state index in [1.165, 1.54) is 4.90 Å². The Balaban J connectivity index is 1.21. The van der Waals surface area contributed by atoms with Crippen LogP contribution < -0.4 is 15.0 Å². The van der Waals surface area contributed by atoms with Gasteiger partial charge in [-0.05, 0) is 47.3 Å². The molecule has 1 aliphatic rings. The fourth-order valence-electron chi connectivity index (χ4n) is 6.27. The van der Waals surface area contributed by atoms with Crippen LogP contribution in [0.2, 0.25) is 0 Å². The number of amides is 2. The summed E-state index contributed by atoms with van der Waals surface area (Å²) < 4.78 is 46.8. The first-order valence-electron chi connectivity index (χ1n) is 14.4. The summed E-state index contributed by atoms with van der Waals surface area (Å²) in [6.45, 7) is -0.0802. The third-order valence-electron chi connectivity index (χ3n) is 8.39. The van der Waals surface area contributed by atoms with Gasteiger partial charge in [-0.3, -0.25) is 14.6 Å². The lowest BCUT2D eigenvalue weighted by molar-refractivity contribution is -0.141. The van der Waals surface area contributed by atoms with Gasteiger partial charge in [-0.2, -0.15) is 13.2 Å². The van der Waals surface area contributed by atoms with Crippen LogP contribution in [-0.2, 0) is 6.18 Å². The lowest BCUT2D eigenvalue weighted by Crippen LogP contribution is -2.30. The molecule has 0 saturated carbocycles. The minimum atomic E-state index is -5.06. The molecule has 3 aromatic heterocycles. The minimum absolute atomic E-state index is 0.0398. The van der Waals surface area contributed by atoms with Gasteiger partial charge in [0.15, 0.2) is 0 Å². The number of H-pyrrole nitrogens is 2. The number of anilines is 2. The third-order valence-corrected chi connectivity index (χ3v) is 8.76. The molecule has 5 N–H and O–H groups in total. The fraction of sp³-hybridized carbons (Fsp3) is 0.152. The van der Waals surface area contributed by atoms with Gasteiger partial charge < -0.3 is 35.1 Å². The molecular formula is C33H23ClF3N5O6. The van der Waals surface area contributed by atoms with Crippen molar-refractivity contribution in [2.24, 2.45) is 0 Å². The molecule has 244 valence electrons. The van der Waals surface area contributed by atoms with Crippen LogP contribution in [0.15, 0.2) is 60.8 Å². The lowest BCUT2D eigenvalue weighted by atomic mass is 9.95. The number of carbonyl (C=O) groups excluding carboxylic acids is 2. The number of hydrogen-bond donors (Lipinski definition) is 5. The Morgan fingerprint density at radius 1 is 1.10 bits per heavy atom. The van der Waals surface area contributed by atoms with Crippen molar-refractivity contribution in [3.63, 3.8) is 0 Å². The number of rotatable bonds is 6. The van der Waals surface area contributed by atoms with Crippen LogP contribution in [0.3, 0.4) is 0 Å². The van der Waals surface area contributed by atoms with E-state index in [0.717, 1.165) is 16.8 Å². The number of ether oxygens (including phenoxy) is 1. The molecule has 0 radical (unpaired) electrons. The summed E-state index contributed by atoms with van der Waals surface area (Å²) in [7, 11) is 1.55. The minimum Gasteiger partial charge on any atom is -0.506 e. The van der Waals surface area contributed by atoms with Crippen molar-refractivity contribution in [1.29, 1.82) is 0 Å². The zero-order valence-corrected chi connectivity index (χ0v) is 25.5. The van der Waals surface area contributed by atoms with Gasteiger partial charge in [0, 0.05) is 58.0 Å².